The van der Waals surface area contributed by atoms with Gasteiger partial charge in [0.2, 0.25) is 0 Å². The van der Waals surface area contributed by atoms with Crippen molar-refractivity contribution >= 4 is 23.3 Å². The molecule has 1 aromatic carbocycles. The largest absolute Gasteiger partial charge is 0.451 e. The monoisotopic (exact) mass is 312 g/mol. The fourth-order valence-corrected chi connectivity index (χ4v) is 2.15. The minimum Gasteiger partial charge on any atom is -0.451 e. The topological polar surface area (TPSA) is 55.1 Å². The van der Waals surface area contributed by atoms with E-state index < -0.39 is 0 Å². The van der Waals surface area contributed by atoms with E-state index in [2.05, 4.69) is 10.3 Å². The number of carbonyl (C=O) groups is 1. The van der Waals surface area contributed by atoms with Crippen LogP contribution in [0.25, 0.3) is 11.3 Å². The number of furan rings is 1. The number of aryl methyl sites for hydroxylation is 1. The zero-order chi connectivity index (χ0) is 15.5. The summed E-state index contributed by atoms with van der Waals surface area (Å²) in [5, 5.41) is 3.36. The number of hydrogen-bond donors (Lipinski definition) is 1. The molecule has 110 valence electrons. The fraction of sp³-hybridized carbons (Fsp3) is 0.0588. The van der Waals surface area contributed by atoms with E-state index in [9.17, 15) is 4.79 Å². The highest BCUT2D eigenvalue weighted by Crippen LogP contribution is 2.24. The molecule has 0 spiro atoms. The van der Waals surface area contributed by atoms with Gasteiger partial charge in [-0.05, 0) is 55.5 Å². The number of amides is 1. The Hall–Kier alpha value is -2.59. The lowest BCUT2D eigenvalue weighted by Gasteiger charge is -2.03. The molecule has 0 aliphatic carbocycles. The highest BCUT2D eigenvalue weighted by Gasteiger charge is 2.13. The van der Waals surface area contributed by atoms with Gasteiger partial charge < -0.3 is 9.73 Å². The van der Waals surface area contributed by atoms with Crippen molar-refractivity contribution < 1.29 is 9.21 Å². The highest BCUT2D eigenvalue weighted by atomic mass is 35.5. The van der Waals surface area contributed by atoms with E-state index in [0.717, 1.165) is 11.3 Å². The van der Waals surface area contributed by atoms with Crippen molar-refractivity contribution in [1.82, 2.24) is 4.98 Å². The minimum atomic E-state index is -0.335. The Balaban J connectivity index is 1.78. The molecule has 0 aliphatic rings. The number of halogens is 1. The maximum atomic E-state index is 12.2. The Morgan fingerprint density at radius 3 is 2.59 bits per heavy atom. The van der Waals surface area contributed by atoms with E-state index in [4.69, 9.17) is 16.0 Å². The third kappa shape index (κ3) is 3.18. The second-order valence-electron chi connectivity index (χ2n) is 4.79. The van der Waals surface area contributed by atoms with Gasteiger partial charge in [-0.1, -0.05) is 17.7 Å². The lowest BCUT2D eigenvalue weighted by Crippen LogP contribution is -2.12. The summed E-state index contributed by atoms with van der Waals surface area (Å²) in [6, 6.07) is 16.0. The average Bonchev–Trinajstić information content (AvgIpc) is 2.98. The third-order valence-corrected chi connectivity index (χ3v) is 3.34. The molecule has 1 amide bonds. The van der Waals surface area contributed by atoms with Crippen molar-refractivity contribution in [2.45, 2.75) is 6.92 Å². The van der Waals surface area contributed by atoms with Crippen LogP contribution in [0.5, 0.6) is 0 Å². The molecule has 1 N–H and O–H groups in total. The van der Waals surface area contributed by atoms with Crippen molar-refractivity contribution in [2.24, 2.45) is 0 Å². The number of carbonyl (C=O) groups excluding carboxylic acids is 1. The quantitative estimate of drug-likeness (QED) is 0.771. The SMILES string of the molecule is Cc1cccc(NC(=O)c2ccc(-c3ccc(Cl)cc3)o2)n1. The van der Waals surface area contributed by atoms with E-state index >= 15 is 0 Å². The van der Waals surface area contributed by atoms with Crippen LogP contribution in [-0.2, 0) is 0 Å². The molecule has 4 nitrogen and oxygen atoms in total. The number of pyridine rings is 1. The number of nitrogens with zero attached hydrogens (tertiary/aromatic N) is 1. The van der Waals surface area contributed by atoms with Crippen LogP contribution in [-0.4, -0.2) is 10.9 Å². The van der Waals surface area contributed by atoms with E-state index in [1.807, 2.05) is 31.2 Å². The van der Waals surface area contributed by atoms with Gasteiger partial charge in [-0.25, -0.2) is 4.98 Å². The molecule has 2 heterocycles. The predicted octanol–water partition coefficient (Wildman–Crippen LogP) is 4.56. The highest BCUT2D eigenvalue weighted by molar-refractivity contribution is 6.30. The van der Waals surface area contributed by atoms with Crippen molar-refractivity contribution in [1.29, 1.82) is 0 Å². The maximum Gasteiger partial charge on any atom is 0.292 e. The first-order chi connectivity index (χ1) is 10.6. The average molecular weight is 313 g/mol. The number of benzene rings is 1. The first-order valence-corrected chi connectivity index (χ1v) is 7.10. The molecule has 22 heavy (non-hydrogen) atoms. The van der Waals surface area contributed by atoms with Gasteiger partial charge in [0.15, 0.2) is 5.76 Å². The molecule has 0 atom stereocenters. The summed E-state index contributed by atoms with van der Waals surface area (Å²) in [4.78, 5) is 16.4. The first kappa shape index (κ1) is 14.4. The van der Waals surface area contributed by atoms with Crippen molar-refractivity contribution in [3.63, 3.8) is 0 Å². The van der Waals surface area contributed by atoms with Gasteiger partial charge in [0.1, 0.15) is 11.6 Å². The van der Waals surface area contributed by atoms with Gasteiger partial charge in [0, 0.05) is 16.3 Å². The van der Waals surface area contributed by atoms with E-state index in [0.29, 0.717) is 16.6 Å². The Labute approximate surface area is 132 Å². The van der Waals surface area contributed by atoms with Crippen LogP contribution in [0.2, 0.25) is 5.02 Å². The van der Waals surface area contributed by atoms with Gasteiger partial charge >= 0.3 is 0 Å². The van der Waals surface area contributed by atoms with Crippen LogP contribution < -0.4 is 5.32 Å². The second-order valence-corrected chi connectivity index (χ2v) is 5.23. The van der Waals surface area contributed by atoms with Crippen molar-refractivity contribution in [3.8, 4) is 11.3 Å². The second kappa shape index (κ2) is 6.03. The summed E-state index contributed by atoms with van der Waals surface area (Å²) in [7, 11) is 0. The number of rotatable bonds is 3. The van der Waals surface area contributed by atoms with Crippen LogP contribution in [0.4, 0.5) is 5.82 Å². The molecular weight excluding hydrogens is 300 g/mol. The van der Waals surface area contributed by atoms with E-state index in [1.165, 1.54) is 0 Å². The predicted molar refractivity (Wildman–Crippen MR) is 86.1 cm³/mol. The van der Waals surface area contributed by atoms with Crippen LogP contribution in [0, 0.1) is 6.92 Å². The standard InChI is InChI=1S/C17H13ClN2O2/c1-11-3-2-4-16(19-11)20-17(21)15-10-9-14(22-15)12-5-7-13(18)8-6-12/h2-10H,1H3,(H,19,20,21). The molecule has 0 bridgehead atoms. The Morgan fingerprint density at radius 2 is 1.86 bits per heavy atom. The Bertz CT molecular complexity index is 810. The van der Waals surface area contributed by atoms with E-state index in [1.54, 1.807) is 30.3 Å². The lowest BCUT2D eigenvalue weighted by molar-refractivity contribution is 0.0997. The molecule has 0 saturated heterocycles. The molecule has 2 aromatic heterocycles. The zero-order valence-electron chi connectivity index (χ0n) is 11.8. The van der Waals surface area contributed by atoms with Gasteiger partial charge in [0.05, 0.1) is 0 Å². The number of hydrogen-bond acceptors (Lipinski definition) is 3. The van der Waals surface area contributed by atoms with Gasteiger partial charge in [0.25, 0.3) is 5.91 Å². The Kier molecular flexibility index (Phi) is 3.94. The summed E-state index contributed by atoms with van der Waals surface area (Å²) in [6.45, 7) is 1.86. The summed E-state index contributed by atoms with van der Waals surface area (Å²) in [6.07, 6.45) is 0. The maximum absolute atomic E-state index is 12.2. The smallest absolute Gasteiger partial charge is 0.292 e. The zero-order valence-corrected chi connectivity index (χ0v) is 12.6. The van der Waals surface area contributed by atoms with Gasteiger partial charge in [-0.2, -0.15) is 0 Å². The van der Waals surface area contributed by atoms with Crippen LogP contribution in [0.3, 0.4) is 0 Å². The van der Waals surface area contributed by atoms with Crippen molar-refractivity contribution in [3.05, 3.63) is 71.1 Å². The molecule has 0 radical (unpaired) electrons. The molecule has 3 aromatic rings. The minimum absolute atomic E-state index is 0.230. The molecule has 0 unspecified atom stereocenters. The molecule has 0 saturated carbocycles. The van der Waals surface area contributed by atoms with Gasteiger partial charge in [-0.15, -0.1) is 0 Å². The number of anilines is 1. The molecule has 5 heteroatoms. The summed E-state index contributed by atoms with van der Waals surface area (Å²) in [5.74, 6) is 1.00. The van der Waals surface area contributed by atoms with Crippen LogP contribution >= 0.6 is 11.6 Å². The lowest BCUT2D eigenvalue weighted by atomic mass is 10.2. The van der Waals surface area contributed by atoms with Crippen LogP contribution in [0.15, 0.2) is 59.0 Å². The van der Waals surface area contributed by atoms with Gasteiger partial charge in [-0.3, -0.25) is 4.79 Å². The van der Waals surface area contributed by atoms with Crippen molar-refractivity contribution in [2.75, 3.05) is 5.32 Å². The van der Waals surface area contributed by atoms with E-state index in [-0.39, 0.29) is 11.7 Å². The summed E-state index contributed by atoms with van der Waals surface area (Å²) >= 11 is 5.86. The number of aromatic nitrogens is 1. The molecule has 0 fully saturated rings. The third-order valence-electron chi connectivity index (χ3n) is 3.09. The summed E-state index contributed by atoms with van der Waals surface area (Å²) in [5.41, 5.74) is 1.69. The first-order valence-electron chi connectivity index (χ1n) is 6.72. The number of nitrogens with one attached hydrogen (secondary N) is 1. The van der Waals surface area contributed by atoms with Crippen LogP contribution in [0.1, 0.15) is 16.2 Å². The molecular formula is C17H13ClN2O2. The normalized spacial score (nSPS) is 10.5. The summed E-state index contributed by atoms with van der Waals surface area (Å²) < 4.78 is 5.59. The molecule has 3 rings (SSSR count). The Morgan fingerprint density at radius 1 is 1.09 bits per heavy atom. The fourth-order valence-electron chi connectivity index (χ4n) is 2.02. The molecule has 0 aliphatic heterocycles.